The molecule has 0 unspecified atom stereocenters. The molecule has 7 nitrogen and oxygen atoms in total. The van der Waals surface area contributed by atoms with Crippen molar-refractivity contribution < 1.29 is 4.79 Å². The van der Waals surface area contributed by atoms with Crippen LogP contribution in [0.15, 0.2) is 64.5 Å². The third-order valence-electron chi connectivity index (χ3n) is 4.26. The van der Waals surface area contributed by atoms with Gasteiger partial charge in [-0.05, 0) is 55.8 Å². The number of halogens is 1. The van der Waals surface area contributed by atoms with Gasteiger partial charge in [-0.3, -0.25) is 0 Å². The number of anilines is 2. The Morgan fingerprint density at radius 2 is 1.87 bits per heavy atom. The van der Waals surface area contributed by atoms with Crippen molar-refractivity contribution >= 4 is 46.5 Å². The Labute approximate surface area is 182 Å². The Morgan fingerprint density at radius 1 is 1.10 bits per heavy atom. The third-order valence-corrected chi connectivity index (χ3v) is 5.59. The number of nitrogens with one attached hydrogen (secondary N) is 2. The van der Waals surface area contributed by atoms with Crippen LogP contribution in [0.25, 0.3) is 5.78 Å². The van der Waals surface area contributed by atoms with Gasteiger partial charge in [-0.1, -0.05) is 42.4 Å². The number of para-hydroxylation sites is 1. The number of fused-ring (bicyclic) bond motifs is 1. The first-order valence-corrected chi connectivity index (χ1v) is 10.5. The van der Waals surface area contributed by atoms with Crippen LogP contribution < -0.4 is 10.6 Å². The molecule has 30 heavy (non-hydrogen) atoms. The van der Waals surface area contributed by atoms with Gasteiger partial charge in [-0.2, -0.15) is 9.50 Å². The van der Waals surface area contributed by atoms with Crippen molar-refractivity contribution in [2.45, 2.75) is 30.2 Å². The number of carbonyl (C=O) groups is 1. The fourth-order valence-electron chi connectivity index (χ4n) is 2.82. The van der Waals surface area contributed by atoms with Crippen molar-refractivity contribution in [3.63, 3.8) is 0 Å². The van der Waals surface area contributed by atoms with Crippen molar-refractivity contribution in [1.82, 2.24) is 19.6 Å². The summed E-state index contributed by atoms with van der Waals surface area (Å²) < 4.78 is 1.75. The molecule has 2 heterocycles. The maximum absolute atomic E-state index is 12.2. The number of nitrogens with zero attached hydrogens (tertiary/aromatic N) is 4. The van der Waals surface area contributed by atoms with Gasteiger partial charge in [0.1, 0.15) is 10.9 Å². The minimum atomic E-state index is -0.356. The van der Waals surface area contributed by atoms with Gasteiger partial charge in [0.2, 0.25) is 0 Å². The first-order chi connectivity index (χ1) is 14.5. The monoisotopic (exact) mass is 438 g/mol. The predicted octanol–water partition coefficient (Wildman–Crippen LogP) is 5.44. The molecule has 4 aromatic rings. The van der Waals surface area contributed by atoms with Gasteiger partial charge in [0, 0.05) is 16.3 Å². The van der Waals surface area contributed by atoms with E-state index in [0.29, 0.717) is 28.0 Å². The Hall–Kier alpha value is -3.10. The van der Waals surface area contributed by atoms with E-state index in [9.17, 15) is 4.79 Å². The Kier molecular flexibility index (Phi) is 5.87. The molecule has 2 N–H and O–H groups in total. The lowest BCUT2D eigenvalue weighted by molar-refractivity contribution is 0.262. The zero-order valence-electron chi connectivity index (χ0n) is 16.4. The standard InChI is InChI=1S/C21H19ClN6OS/c1-3-14-12-19(28-20(24-14)23-13(2)27-28)30-16-10-8-15(9-11-16)25-21(29)26-18-7-5-4-6-17(18)22/h4-12H,3H2,1-2H3,(H2,25,26,29). The molecular weight excluding hydrogens is 420 g/mol. The zero-order valence-corrected chi connectivity index (χ0v) is 18.0. The second-order valence-electron chi connectivity index (χ2n) is 6.50. The highest BCUT2D eigenvalue weighted by molar-refractivity contribution is 7.99. The fraction of sp³-hybridized carbons (Fsp3) is 0.143. The third kappa shape index (κ3) is 4.55. The van der Waals surface area contributed by atoms with E-state index in [4.69, 9.17) is 11.6 Å². The van der Waals surface area contributed by atoms with E-state index in [1.807, 2.05) is 49.4 Å². The molecule has 0 saturated carbocycles. The molecule has 0 bridgehead atoms. The molecule has 9 heteroatoms. The molecule has 0 fully saturated rings. The molecular formula is C21H19ClN6OS. The summed E-state index contributed by atoms with van der Waals surface area (Å²) in [5.41, 5.74) is 2.20. The lowest BCUT2D eigenvalue weighted by Crippen LogP contribution is -2.19. The molecule has 0 saturated heterocycles. The van der Waals surface area contributed by atoms with Crippen molar-refractivity contribution in [3.05, 3.63) is 71.1 Å². The summed E-state index contributed by atoms with van der Waals surface area (Å²) in [6.45, 7) is 3.91. The molecule has 0 atom stereocenters. The minimum Gasteiger partial charge on any atom is -0.308 e. The molecule has 0 aliphatic rings. The van der Waals surface area contributed by atoms with Gasteiger partial charge in [-0.25, -0.2) is 9.78 Å². The van der Waals surface area contributed by atoms with Gasteiger partial charge < -0.3 is 10.6 Å². The zero-order chi connectivity index (χ0) is 21.1. The number of aromatic nitrogens is 4. The molecule has 0 spiro atoms. The van der Waals surface area contributed by atoms with E-state index in [0.717, 1.165) is 22.0 Å². The molecule has 0 aliphatic heterocycles. The number of hydrogen-bond acceptors (Lipinski definition) is 5. The highest BCUT2D eigenvalue weighted by Crippen LogP contribution is 2.29. The fourth-order valence-corrected chi connectivity index (χ4v) is 3.92. The number of hydrogen-bond donors (Lipinski definition) is 2. The van der Waals surface area contributed by atoms with E-state index < -0.39 is 0 Å². The number of amides is 2. The van der Waals surface area contributed by atoms with Crippen molar-refractivity contribution in [2.24, 2.45) is 0 Å². The number of benzene rings is 2. The molecule has 152 valence electrons. The van der Waals surface area contributed by atoms with E-state index in [2.05, 4.69) is 32.6 Å². The molecule has 2 aromatic carbocycles. The minimum absolute atomic E-state index is 0.356. The highest BCUT2D eigenvalue weighted by Gasteiger charge is 2.11. The van der Waals surface area contributed by atoms with Crippen molar-refractivity contribution in [1.29, 1.82) is 0 Å². The average Bonchev–Trinajstić information content (AvgIpc) is 3.11. The van der Waals surface area contributed by atoms with Crippen LogP contribution in [0.4, 0.5) is 16.2 Å². The lowest BCUT2D eigenvalue weighted by atomic mass is 10.3. The van der Waals surface area contributed by atoms with Crippen LogP contribution in [0.2, 0.25) is 5.02 Å². The Balaban J connectivity index is 1.47. The quantitative estimate of drug-likeness (QED) is 0.405. The van der Waals surface area contributed by atoms with Gasteiger partial charge in [0.25, 0.3) is 5.78 Å². The summed E-state index contributed by atoms with van der Waals surface area (Å²) >= 11 is 7.64. The summed E-state index contributed by atoms with van der Waals surface area (Å²) in [6, 6.07) is 16.3. The van der Waals surface area contributed by atoms with E-state index in [1.54, 1.807) is 28.4 Å². The largest absolute Gasteiger partial charge is 0.323 e. The van der Waals surface area contributed by atoms with Crippen molar-refractivity contribution in [3.8, 4) is 0 Å². The summed E-state index contributed by atoms with van der Waals surface area (Å²) in [6.07, 6.45) is 0.819. The molecule has 0 aliphatic carbocycles. The summed E-state index contributed by atoms with van der Waals surface area (Å²) in [5.74, 6) is 1.28. The molecule has 0 radical (unpaired) electrons. The van der Waals surface area contributed by atoms with Crippen LogP contribution in [0.3, 0.4) is 0 Å². The summed E-state index contributed by atoms with van der Waals surface area (Å²) in [4.78, 5) is 22.1. The molecule has 2 aromatic heterocycles. The maximum atomic E-state index is 12.2. The van der Waals surface area contributed by atoms with Crippen LogP contribution in [0, 0.1) is 6.92 Å². The predicted molar refractivity (Wildman–Crippen MR) is 120 cm³/mol. The van der Waals surface area contributed by atoms with Crippen LogP contribution in [0.1, 0.15) is 18.4 Å². The molecule has 4 rings (SSSR count). The Morgan fingerprint density at radius 3 is 2.60 bits per heavy atom. The van der Waals surface area contributed by atoms with Crippen LogP contribution >= 0.6 is 23.4 Å². The SMILES string of the molecule is CCc1cc(Sc2ccc(NC(=O)Nc3ccccc3Cl)cc2)n2nc(C)nc2n1. The van der Waals surface area contributed by atoms with Gasteiger partial charge >= 0.3 is 6.03 Å². The van der Waals surface area contributed by atoms with E-state index in [-0.39, 0.29) is 6.03 Å². The van der Waals surface area contributed by atoms with Crippen LogP contribution in [-0.2, 0) is 6.42 Å². The van der Waals surface area contributed by atoms with Gasteiger partial charge in [0.05, 0.1) is 10.7 Å². The smallest absolute Gasteiger partial charge is 0.308 e. The van der Waals surface area contributed by atoms with Crippen molar-refractivity contribution in [2.75, 3.05) is 10.6 Å². The number of aryl methyl sites for hydroxylation is 2. The highest BCUT2D eigenvalue weighted by atomic mass is 35.5. The normalized spacial score (nSPS) is 10.9. The number of carbonyl (C=O) groups excluding carboxylic acids is 1. The second-order valence-corrected chi connectivity index (χ2v) is 8.00. The maximum Gasteiger partial charge on any atom is 0.323 e. The first kappa shape index (κ1) is 20.2. The van der Waals surface area contributed by atoms with E-state index in [1.165, 1.54) is 0 Å². The second kappa shape index (κ2) is 8.73. The molecule has 2 amide bonds. The summed E-state index contributed by atoms with van der Waals surface area (Å²) in [7, 11) is 0. The van der Waals surface area contributed by atoms with Gasteiger partial charge in [-0.15, -0.1) is 5.10 Å². The van der Waals surface area contributed by atoms with Crippen LogP contribution in [0.5, 0.6) is 0 Å². The number of rotatable bonds is 5. The first-order valence-electron chi connectivity index (χ1n) is 9.35. The lowest BCUT2D eigenvalue weighted by Gasteiger charge is -2.10. The summed E-state index contributed by atoms with van der Waals surface area (Å²) in [5, 5.41) is 11.4. The van der Waals surface area contributed by atoms with Crippen LogP contribution in [-0.4, -0.2) is 25.6 Å². The topological polar surface area (TPSA) is 84.2 Å². The van der Waals surface area contributed by atoms with E-state index >= 15 is 0 Å². The number of urea groups is 1. The Bertz CT molecular complexity index is 1210. The average molecular weight is 439 g/mol. The van der Waals surface area contributed by atoms with Gasteiger partial charge in [0.15, 0.2) is 0 Å².